The molecule has 0 aliphatic rings. The summed E-state index contributed by atoms with van der Waals surface area (Å²) in [5, 5.41) is 19.0. The van der Waals surface area contributed by atoms with Crippen LogP contribution >= 0.6 is 0 Å². The zero-order chi connectivity index (χ0) is 13.4. The number of methoxy groups -OCH3 is 1. The molecule has 0 saturated heterocycles. The monoisotopic (exact) mass is 250 g/mol. The maximum Gasteiger partial charge on any atom is 0.273 e. The molecular formula is C12H14N2O4. The first-order valence-electron chi connectivity index (χ1n) is 5.51. The molecule has 0 spiro atoms. The van der Waals surface area contributed by atoms with Gasteiger partial charge in [-0.2, -0.15) is 5.26 Å². The number of ether oxygens (including phenoxy) is 2. The summed E-state index contributed by atoms with van der Waals surface area (Å²) in [4.78, 5) is 10.1. The standard InChI is InChI=1S/C12H14N2O4/c1-17-12-9-10(14(15)16)5-6-11(12)18-8-4-2-3-7-13/h5-6,9H,2-4,8H2,1H3. The number of nitro groups is 1. The van der Waals surface area contributed by atoms with Crippen molar-refractivity contribution < 1.29 is 14.4 Å². The molecule has 1 aromatic rings. The molecule has 0 aliphatic carbocycles. The first-order chi connectivity index (χ1) is 8.69. The molecule has 0 aliphatic heterocycles. The molecule has 6 heteroatoms. The van der Waals surface area contributed by atoms with E-state index in [1.165, 1.54) is 25.3 Å². The summed E-state index contributed by atoms with van der Waals surface area (Å²) in [5.41, 5.74) is -0.0383. The normalized spacial score (nSPS) is 9.56. The van der Waals surface area contributed by atoms with Gasteiger partial charge in [0.1, 0.15) is 0 Å². The summed E-state index contributed by atoms with van der Waals surface area (Å²) in [5.74, 6) is 0.810. The molecular weight excluding hydrogens is 236 g/mol. The van der Waals surface area contributed by atoms with Gasteiger partial charge in [-0.25, -0.2) is 0 Å². The van der Waals surface area contributed by atoms with E-state index in [9.17, 15) is 10.1 Å². The van der Waals surface area contributed by atoms with E-state index in [-0.39, 0.29) is 5.69 Å². The Kier molecular flexibility index (Phi) is 5.45. The minimum atomic E-state index is -0.487. The molecule has 0 fully saturated rings. The van der Waals surface area contributed by atoms with Crippen molar-refractivity contribution in [2.45, 2.75) is 19.3 Å². The summed E-state index contributed by atoms with van der Waals surface area (Å²) in [6.45, 7) is 0.454. The van der Waals surface area contributed by atoms with Crippen LogP contribution in [0, 0.1) is 21.4 Å². The van der Waals surface area contributed by atoms with Crippen molar-refractivity contribution in [3.8, 4) is 17.6 Å². The molecule has 0 saturated carbocycles. The van der Waals surface area contributed by atoms with Crippen LogP contribution in [0.15, 0.2) is 18.2 Å². The number of hydrogen-bond donors (Lipinski definition) is 0. The minimum absolute atomic E-state index is 0.0383. The van der Waals surface area contributed by atoms with Crippen molar-refractivity contribution in [1.29, 1.82) is 5.26 Å². The predicted octanol–water partition coefficient (Wildman–Crippen LogP) is 2.68. The lowest BCUT2D eigenvalue weighted by Crippen LogP contribution is -2.00. The van der Waals surface area contributed by atoms with Crippen LogP contribution in [0.4, 0.5) is 5.69 Å². The smallest absolute Gasteiger partial charge is 0.273 e. The summed E-state index contributed by atoms with van der Waals surface area (Å²) in [6.07, 6.45) is 2.03. The maximum atomic E-state index is 10.6. The summed E-state index contributed by atoms with van der Waals surface area (Å²) < 4.78 is 10.5. The number of unbranched alkanes of at least 4 members (excludes halogenated alkanes) is 2. The van der Waals surface area contributed by atoms with E-state index >= 15 is 0 Å². The van der Waals surface area contributed by atoms with Crippen LogP contribution in [0.3, 0.4) is 0 Å². The predicted molar refractivity (Wildman–Crippen MR) is 64.6 cm³/mol. The minimum Gasteiger partial charge on any atom is -0.493 e. The van der Waals surface area contributed by atoms with E-state index in [0.717, 1.165) is 12.8 Å². The Morgan fingerprint density at radius 3 is 2.78 bits per heavy atom. The molecule has 0 bridgehead atoms. The second kappa shape index (κ2) is 7.12. The Morgan fingerprint density at radius 2 is 2.17 bits per heavy atom. The van der Waals surface area contributed by atoms with E-state index in [4.69, 9.17) is 14.7 Å². The van der Waals surface area contributed by atoms with Crippen LogP contribution in [-0.2, 0) is 0 Å². The molecule has 0 amide bonds. The van der Waals surface area contributed by atoms with Gasteiger partial charge in [0.05, 0.1) is 30.8 Å². The van der Waals surface area contributed by atoms with Crippen LogP contribution in [0.1, 0.15) is 19.3 Å². The molecule has 96 valence electrons. The van der Waals surface area contributed by atoms with Crippen LogP contribution in [-0.4, -0.2) is 18.6 Å². The van der Waals surface area contributed by atoms with Gasteiger partial charge >= 0.3 is 0 Å². The summed E-state index contributed by atoms with van der Waals surface area (Å²) in [7, 11) is 1.43. The molecule has 1 rings (SSSR count). The molecule has 0 atom stereocenters. The summed E-state index contributed by atoms with van der Waals surface area (Å²) in [6, 6.07) is 6.26. The number of rotatable bonds is 7. The zero-order valence-electron chi connectivity index (χ0n) is 10.1. The van der Waals surface area contributed by atoms with Gasteiger partial charge in [-0.1, -0.05) is 0 Å². The number of nitriles is 1. The second-order valence-corrected chi connectivity index (χ2v) is 3.56. The molecule has 1 aromatic carbocycles. The highest BCUT2D eigenvalue weighted by atomic mass is 16.6. The van der Waals surface area contributed by atoms with Crippen LogP contribution in [0.5, 0.6) is 11.5 Å². The lowest BCUT2D eigenvalue weighted by Gasteiger charge is -2.09. The fraction of sp³-hybridized carbons (Fsp3) is 0.417. The Balaban J connectivity index is 2.60. The lowest BCUT2D eigenvalue weighted by atomic mass is 10.2. The Bertz CT molecular complexity index is 454. The number of benzene rings is 1. The van der Waals surface area contributed by atoms with E-state index in [0.29, 0.717) is 24.5 Å². The number of nitrogens with zero attached hydrogens (tertiary/aromatic N) is 2. The molecule has 0 N–H and O–H groups in total. The Labute approximate surface area is 105 Å². The van der Waals surface area contributed by atoms with Crippen LogP contribution < -0.4 is 9.47 Å². The number of hydrogen-bond acceptors (Lipinski definition) is 5. The average molecular weight is 250 g/mol. The van der Waals surface area contributed by atoms with Gasteiger partial charge in [0.25, 0.3) is 5.69 Å². The topological polar surface area (TPSA) is 85.4 Å². The molecule has 6 nitrogen and oxygen atoms in total. The Hall–Kier alpha value is -2.29. The Morgan fingerprint density at radius 1 is 1.39 bits per heavy atom. The molecule has 0 aromatic heterocycles. The lowest BCUT2D eigenvalue weighted by molar-refractivity contribution is -0.384. The third kappa shape index (κ3) is 3.94. The fourth-order valence-corrected chi connectivity index (χ4v) is 1.38. The first kappa shape index (κ1) is 13.8. The number of non-ortho nitro benzene ring substituents is 1. The van der Waals surface area contributed by atoms with Gasteiger partial charge in [-0.05, 0) is 18.9 Å². The van der Waals surface area contributed by atoms with Gasteiger partial charge in [0, 0.05) is 12.5 Å². The molecule has 18 heavy (non-hydrogen) atoms. The van der Waals surface area contributed by atoms with E-state index in [1.54, 1.807) is 0 Å². The third-order valence-corrected chi connectivity index (χ3v) is 2.30. The van der Waals surface area contributed by atoms with Gasteiger partial charge in [-0.15, -0.1) is 0 Å². The molecule has 0 unspecified atom stereocenters. The van der Waals surface area contributed by atoms with Crippen molar-refractivity contribution >= 4 is 5.69 Å². The third-order valence-electron chi connectivity index (χ3n) is 2.30. The van der Waals surface area contributed by atoms with Crippen molar-refractivity contribution in [2.24, 2.45) is 0 Å². The number of nitro benzene ring substituents is 1. The van der Waals surface area contributed by atoms with Crippen molar-refractivity contribution in [1.82, 2.24) is 0 Å². The molecule has 0 radical (unpaired) electrons. The van der Waals surface area contributed by atoms with Crippen LogP contribution in [0.2, 0.25) is 0 Å². The highest BCUT2D eigenvalue weighted by molar-refractivity contribution is 5.48. The zero-order valence-corrected chi connectivity index (χ0v) is 10.1. The average Bonchev–Trinajstić information content (AvgIpc) is 2.38. The highest BCUT2D eigenvalue weighted by Crippen LogP contribution is 2.31. The maximum absolute atomic E-state index is 10.6. The van der Waals surface area contributed by atoms with Gasteiger partial charge in [0.15, 0.2) is 11.5 Å². The van der Waals surface area contributed by atoms with Crippen molar-refractivity contribution in [3.63, 3.8) is 0 Å². The highest BCUT2D eigenvalue weighted by Gasteiger charge is 2.11. The molecule has 0 heterocycles. The SMILES string of the molecule is COc1cc([N+](=O)[O-])ccc1OCCCCC#N. The van der Waals surface area contributed by atoms with Crippen molar-refractivity contribution in [3.05, 3.63) is 28.3 Å². The van der Waals surface area contributed by atoms with Gasteiger partial charge in [0.2, 0.25) is 0 Å². The van der Waals surface area contributed by atoms with E-state index in [2.05, 4.69) is 6.07 Å². The van der Waals surface area contributed by atoms with Crippen molar-refractivity contribution in [2.75, 3.05) is 13.7 Å². The van der Waals surface area contributed by atoms with E-state index in [1.807, 2.05) is 0 Å². The van der Waals surface area contributed by atoms with Gasteiger partial charge in [-0.3, -0.25) is 10.1 Å². The fourth-order valence-electron chi connectivity index (χ4n) is 1.38. The van der Waals surface area contributed by atoms with Gasteiger partial charge < -0.3 is 9.47 Å². The van der Waals surface area contributed by atoms with E-state index < -0.39 is 4.92 Å². The first-order valence-corrected chi connectivity index (χ1v) is 5.51. The quantitative estimate of drug-likeness (QED) is 0.422. The summed E-state index contributed by atoms with van der Waals surface area (Å²) >= 11 is 0. The second-order valence-electron chi connectivity index (χ2n) is 3.56. The van der Waals surface area contributed by atoms with Crippen LogP contribution in [0.25, 0.3) is 0 Å². The largest absolute Gasteiger partial charge is 0.493 e.